The summed E-state index contributed by atoms with van der Waals surface area (Å²) >= 11 is 7.50. The Kier molecular flexibility index (Phi) is 6.27. The molecule has 0 radical (unpaired) electrons. The minimum Gasteiger partial charge on any atom is -0.447 e. The first kappa shape index (κ1) is 22.4. The molecule has 11 heteroatoms. The van der Waals surface area contributed by atoms with Crippen LogP contribution in [0, 0.1) is 12.7 Å². The molecule has 1 aliphatic heterocycles. The number of cyclic esters (lactones) is 1. The Morgan fingerprint density at radius 2 is 2.03 bits per heavy atom. The smallest absolute Gasteiger partial charge is 0.416 e. The summed E-state index contributed by atoms with van der Waals surface area (Å²) in [5.74, 6) is -0.915. The van der Waals surface area contributed by atoms with Crippen LogP contribution in [0.2, 0.25) is 5.02 Å². The van der Waals surface area contributed by atoms with Crippen LogP contribution in [-0.2, 0) is 4.74 Å². The number of hydrogen-bond acceptors (Lipinski definition) is 8. The standard InChI is InChI=1S/C21H21ClFN5O3S/c1-10(19-26-17(12(3)32-19)13-4-6-14(22)7-5-13)25-20-24-8-15(23)18(27-20)28-16(11(2)29)9-31-21(28)30/h4-8,10-11,16,29H,9H2,1-3H3,(H,24,25,27)/t10-,11+,16+/m0/s1. The van der Waals surface area contributed by atoms with Crippen LogP contribution in [-0.4, -0.2) is 44.9 Å². The number of aromatic nitrogens is 3. The number of halogens is 2. The molecular weight excluding hydrogens is 457 g/mol. The van der Waals surface area contributed by atoms with E-state index in [0.717, 1.165) is 32.2 Å². The first-order valence-electron chi connectivity index (χ1n) is 9.91. The third-order valence-electron chi connectivity index (χ3n) is 5.06. The number of hydrogen-bond donors (Lipinski definition) is 2. The van der Waals surface area contributed by atoms with Crippen molar-refractivity contribution in [1.82, 2.24) is 15.0 Å². The number of carbonyl (C=O) groups is 1. The molecule has 2 N–H and O–H groups in total. The Morgan fingerprint density at radius 1 is 1.31 bits per heavy atom. The van der Waals surface area contributed by atoms with Crippen LogP contribution < -0.4 is 10.2 Å². The lowest BCUT2D eigenvalue weighted by molar-refractivity contribution is 0.142. The van der Waals surface area contributed by atoms with E-state index in [1.165, 1.54) is 18.3 Å². The predicted molar refractivity (Wildman–Crippen MR) is 121 cm³/mol. The lowest BCUT2D eigenvalue weighted by atomic mass is 10.1. The maximum Gasteiger partial charge on any atom is 0.416 e. The zero-order valence-electron chi connectivity index (χ0n) is 17.5. The van der Waals surface area contributed by atoms with Crippen LogP contribution >= 0.6 is 22.9 Å². The van der Waals surface area contributed by atoms with E-state index >= 15 is 0 Å². The minimum atomic E-state index is -0.921. The van der Waals surface area contributed by atoms with Crippen molar-refractivity contribution in [2.45, 2.75) is 39.0 Å². The fourth-order valence-corrected chi connectivity index (χ4v) is 4.44. The number of aryl methyl sites for hydroxylation is 1. The van der Waals surface area contributed by atoms with E-state index in [-0.39, 0.29) is 24.4 Å². The van der Waals surface area contributed by atoms with E-state index in [4.69, 9.17) is 21.3 Å². The number of benzene rings is 1. The number of carbonyl (C=O) groups excluding carboxylic acids is 1. The van der Waals surface area contributed by atoms with Gasteiger partial charge in [-0.1, -0.05) is 23.7 Å². The summed E-state index contributed by atoms with van der Waals surface area (Å²) in [4.78, 5) is 27.1. The summed E-state index contributed by atoms with van der Waals surface area (Å²) in [6.07, 6.45) is -0.708. The molecule has 2 aromatic heterocycles. The quantitative estimate of drug-likeness (QED) is 0.535. The highest BCUT2D eigenvalue weighted by molar-refractivity contribution is 7.12. The highest BCUT2D eigenvalue weighted by Gasteiger charge is 2.39. The van der Waals surface area contributed by atoms with Gasteiger partial charge in [0.25, 0.3) is 0 Å². The molecule has 0 saturated carbocycles. The van der Waals surface area contributed by atoms with Gasteiger partial charge in [-0.15, -0.1) is 11.3 Å². The van der Waals surface area contributed by atoms with Crippen LogP contribution in [0.25, 0.3) is 11.3 Å². The van der Waals surface area contributed by atoms with Crippen molar-refractivity contribution in [3.63, 3.8) is 0 Å². The van der Waals surface area contributed by atoms with Crippen molar-refractivity contribution >= 4 is 40.8 Å². The molecule has 0 aliphatic carbocycles. The fraction of sp³-hybridized carbons (Fsp3) is 0.333. The van der Waals surface area contributed by atoms with E-state index in [9.17, 15) is 14.3 Å². The highest BCUT2D eigenvalue weighted by Crippen LogP contribution is 2.32. The Hall–Kier alpha value is -2.82. The molecule has 1 amide bonds. The van der Waals surface area contributed by atoms with Gasteiger partial charge in [-0.2, -0.15) is 4.98 Å². The second-order valence-corrected chi connectivity index (χ2v) is 9.12. The van der Waals surface area contributed by atoms with Gasteiger partial charge < -0.3 is 15.2 Å². The Morgan fingerprint density at radius 3 is 2.72 bits per heavy atom. The molecule has 8 nitrogen and oxygen atoms in total. The van der Waals surface area contributed by atoms with Gasteiger partial charge in [-0.05, 0) is 32.9 Å². The molecule has 0 unspecified atom stereocenters. The van der Waals surface area contributed by atoms with Gasteiger partial charge in [0.15, 0.2) is 11.6 Å². The third-order valence-corrected chi connectivity index (χ3v) is 6.47. The van der Waals surface area contributed by atoms with Gasteiger partial charge in [-0.3, -0.25) is 0 Å². The van der Waals surface area contributed by atoms with E-state index in [1.807, 2.05) is 38.1 Å². The zero-order valence-corrected chi connectivity index (χ0v) is 19.1. The van der Waals surface area contributed by atoms with Crippen molar-refractivity contribution in [2.24, 2.45) is 0 Å². The molecule has 3 atom stereocenters. The molecule has 0 bridgehead atoms. The summed E-state index contributed by atoms with van der Waals surface area (Å²) in [7, 11) is 0. The molecule has 3 heterocycles. The molecular formula is C21H21ClFN5O3S. The molecule has 3 aromatic rings. The molecule has 1 aliphatic rings. The molecule has 1 aromatic carbocycles. The minimum absolute atomic E-state index is 0.0506. The highest BCUT2D eigenvalue weighted by atomic mass is 35.5. The van der Waals surface area contributed by atoms with E-state index in [0.29, 0.717) is 5.02 Å². The largest absolute Gasteiger partial charge is 0.447 e. The number of aliphatic hydroxyl groups excluding tert-OH is 1. The predicted octanol–water partition coefficient (Wildman–Crippen LogP) is 4.58. The Labute approximate surface area is 193 Å². The molecule has 1 saturated heterocycles. The first-order chi connectivity index (χ1) is 15.2. The summed E-state index contributed by atoms with van der Waals surface area (Å²) < 4.78 is 19.4. The lowest BCUT2D eigenvalue weighted by Gasteiger charge is -2.23. The van der Waals surface area contributed by atoms with Crippen LogP contribution in [0.5, 0.6) is 0 Å². The number of ether oxygens (including phenoxy) is 1. The number of rotatable bonds is 6. The van der Waals surface area contributed by atoms with E-state index in [1.54, 1.807) is 0 Å². The average molecular weight is 478 g/mol. The monoisotopic (exact) mass is 477 g/mol. The fourth-order valence-electron chi connectivity index (χ4n) is 3.36. The SMILES string of the molecule is Cc1sc([C@H](C)Nc2ncc(F)c(N3C(=O)OC[C@@H]3[C@@H](C)O)n2)nc1-c1ccc(Cl)cc1. The maximum atomic E-state index is 14.5. The third kappa shape index (κ3) is 4.38. The number of amides is 1. The second kappa shape index (κ2) is 8.97. The first-order valence-corrected chi connectivity index (χ1v) is 11.1. The molecule has 1 fully saturated rings. The zero-order chi connectivity index (χ0) is 23.0. The number of nitrogens with one attached hydrogen (secondary N) is 1. The number of thiazole rings is 1. The van der Waals surface area contributed by atoms with Gasteiger partial charge in [0.1, 0.15) is 17.7 Å². The molecule has 32 heavy (non-hydrogen) atoms. The summed E-state index contributed by atoms with van der Waals surface area (Å²) in [5.41, 5.74) is 1.81. The summed E-state index contributed by atoms with van der Waals surface area (Å²) in [5, 5.41) is 14.5. The number of nitrogens with zero attached hydrogens (tertiary/aromatic N) is 4. The van der Waals surface area contributed by atoms with Crippen LogP contribution in [0.4, 0.5) is 21.0 Å². The Bertz CT molecular complexity index is 1140. The van der Waals surface area contributed by atoms with Crippen molar-refractivity contribution in [1.29, 1.82) is 0 Å². The van der Waals surface area contributed by atoms with E-state index < -0.39 is 24.1 Å². The molecule has 4 rings (SSSR count). The van der Waals surface area contributed by atoms with Crippen LogP contribution in [0.1, 0.15) is 29.8 Å². The number of anilines is 2. The molecule has 0 spiro atoms. The van der Waals surface area contributed by atoms with Crippen molar-refractivity contribution in [2.75, 3.05) is 16.8 Å². The molecule has 168 valence electrons. The van der Waals surface area contributed by atoms with Gasteiger partial charge in [0.05, 0.1) is 24.0 Å². The topological polar surface area (TPSA) is 100 Å². The van der Waals surface area contributed by atoms with Gasteiger partial charge in [0.2, 0.25) is 5.95 Å². The lowest BCUT2D eigenvalue weighted by Crippen LogP contribution is -2.42. The van der Waals surface area contributed by atoms with Crippen molar-refractivity contribution < 1.29 is 19.0 Å². The van der Waals surface area contributed by atoms with Crippen molar-refractivity contribution in [3.8, 4) is 11.3 Å². The second-order valence-electron chi connectivity index (χ2n) is 7.45. The van der Waals surface area contributed by atoms with Crippen LogP contribution in [0.3, 0.4) is 0 Å². The van der Waals surface area contributed by atoms with E-state index in [2.05, 4.69) is 15.3 Å². The van der Waals surface area contributed by atoms with Gasteiger partial charge >= 0.3 is 6.09 Å². The summed E-state index contributed by atoms with van der Waals surface area (Å²) in [6, 6.07) is 6.44. The van der Waals surface area contributed by atoms with Crippen molar-refractivity contribution in [3.05, 3.63) is 51.2 Å². The average Bonchev–Trinajstić information content (AvgIpc) is 3.33. The Balaban J connectivity index is 1.57. The van der Waals surface area contributed by atoms with Gasteiger partial charge in [0, 0.05) is 15.5 Å². The summed E-state index contributed by atoms with van der Waals surface area (Å²) in [6.45, 7) is 5.33. The maximum absolute atomic E-state index is 14.5. The van der Waals surface area contributed by atoms with Gasteiger partial charge in [-0.25, -0.2) is 24.1 Å². The number of aliphatic hydroxyl groups is 1. The van der Waals surface area contributed by atoms with Crippen LogP contribution in [0.15, 0.2) is 30.5 Å². The normalized spacial score (nSPS) is 17.9.